The maximum Gasteiger partial charge on any atom is 0.172 e. The molecule has 1 heterocycles. The Morgan fingerprint density at radius 3 is 2.67 bits per heavy atom. The van der Waals surface area contributed by atoms with Gasteiger partial charge in [0, 0.05) is 0 Å². The van der Waals surface area contributed by atoms with Crippen LogP contribution in [0.1, 0.15) is 21.0 Å². The average molecular weight is 165 g/mol. The second-order valence-corrected chi connectivity index (χ2v) is 2.07. The first kappa shape index (κ1) is 8.32. The van der Waals surface area contributed by atoms with Gasteiger partial charge in [-0.2, -0.15) is 0 Å². The van der Waals surface area contributed by atoms with Crippen molar-refractivity contribution in [3.63, 3.8) is 0 Å². The van der Waals surface area contributed by atoms with E-state index in [0.29, 0.717) is 19.1 Å². The van der Waals surface area contributed by atoms with E-state index in [2.05, 4.69) is 16.9 Å². The molecule has 0 aromatic carbocycles. The summed E-state index contributed by atoms with van der Waals surface area (Å²) in [6, 6.07) is 0. The van der Waals surface area contributed by atoms with Crippen LogP contribution in [0.5, 0.6) is 0 Å². The van der Waals surface area contributed by atoms with Gasteiger partial charge in [-0.05, 0) is 0 Å². The summed E-state index contributed by atoms with van der Waals surface area (Å²) in [5.74, 6) is 0. The van der Waals surface area contributed by atoms with Gasteiger partial charge in [0.15, 0.2) is 18.3 Å². The van der Waals surface area contributed by atoms with E-state index in [1.165, 1.54) is 4.68 Å². The van der Waals surface area contributed by atoms with Gasteiger partial charge in [-0.15, -0.1) is 11.7 Å². The minimum absolute atomic E-state index is 0.0619. The van der Waals surface area contributed by atoms with Gasteiger partial charge >= 0.3 is 0 Å². The third-order valence-corrected chi connectivity index (χ3v) is 1.33. The third kappa shape index (κ3) is 1.29. The second-order valence-electron chi connectivity index (χ2n) is 2.07. The van der Waals surface area contributed by atoms with Crippen LogP contribution in [0.2, 0.25) is 0 Å². The number of nitrogens with zero attached hydrogens (tertiary/aromatic N) is 3. The van der Waals surface area contributed by atoms with Crippen molar-refractivity contribution >= 4 is 12.6 Å². The molecule has 5 nitrogen and oxygen atoms in total. The molecule has 0 aliphatic rings. The summed E-state index contributed by atoms with van der Waals surface area (Å²) in [4.78, 5) is 20.8. The van der Waals surface area contributed by atoms with Gasteiger partial charge in [0.25, 0.3) is 0 Å². The summed E-state index contributed by atoms with van der Waals surface area (Å²) >= 11 is 0. The second kappa shape index (κ2) is 3.56. The minimum Gasteiger partial charge on any atom is -0.296 e. The molecule has 0 amide bonds. The summed E-state index contributed by atoms with van der Waals surface area (Å²) in [5, 5.41) is 7.07. The van der Waals surface area contributed by atoms with Gasteiger partial charge in [-0.3, -0.25) is 9.59 Å². The van der Waals surface area contributed by atoms with E-state index in [1.807, 2.05) is 0 Å². The molecule has 0 unspecified atom stereocenters. The molecule has 62 valence electrons. The zero-order valence-electron chi connectivity index (χ0n) is 6.30. The Kier molecular flexibility index (Phi) is 2.47. The van der Waals surface area contributed by atoms with Crippen molar-refractivity contribution in [2.24, 2.45) is 0 Å². The van der Waals surface area contributed by atoms with Gasteiger partial charge in [0.1, 0.15) is 5.69 Å². The number of aldehydes is 2. The van der Waals surface area contributed by atoms with E-state index in [9.17, 15) is 9.59 Å². The Morgan fingerprint density at radius 2 is 2.17 bits per heavy atom. The predicted molar refractivity (Wildman–Crippen MR) is 41.0 cm³/mol. The normalized spacial score (nSPS) is 9.33. The number of hydrogen-bond donors (Lipinski definition) is 0. The van der Waals surface area contributed by atoms with Crippen molar-refractivity contribution in [1.29, 1.82) is 0 Å². The molecule has 1 aromatic heterocycles. The maximum absolute atomic E-state index is 10.4. The Labute approximate surface area is 68.7 Å². The van der Waals surface area contributed by atoms with Gasteiger partial charge in [0.2, 0.25) is 0 Å². The van der Waals surface area contributed by atoms with Crippen molar-refractivity contribution < 1.29 is 9.59 Å². The highest BCUT2D eigenvalue weighted by molar-refractivity contribution is 5.86. The number of carbonyl (C=O) groups is 2. The molecule has 1 rings (SSSR count). The quantitative estimate of drug-likeness (QED) is 0.468. The number of aromatic nitrogens is 3. The summed E-state index contributed by atoms with van der Waals surface area (Å²) < 4.78 is 1.31. The average Bonchev–Trinajstić information content (AvgIpc) is 2.47. The molecule has 12 heavy (non-hydrogen) atoms. The Bertz CT molecular complexity index is 316. The molecular formula is C7H7N3O2. The standard InChI is InChI=1S/C7H7N3O2/c1-2-3-10-7(5-12)6(4-11)8-9-10/h2,4-5H,1,3H2. The fourth-order valence-electron chi connectivity index (χ4n) is 0.796. The molecule has 0 spiro atoms. The SMILES string of the molecule is C=CCn1nnc(C=O)c1C=O. The van der Waals surface area contributed by atoms with Crippen LogP contribution < -0.4 is 0 Å². The third-order valence-electron chi connectivity index (χ3n) is 1.33. The Morgan fingerprint density at radius 1 is 1.42 bits per heavy atom. The van der Waals surface area contributed by atoms with E-state index in [-0.39, 0.29) is 11.4 Å². The maximum atomic E-state index is 10.4. The summed E-state index contributed by atoms with van der Waals surface area (Å²) in [6.45, 7) is 3.84. The zero-order valence-corrected chi connectivity index (χ0v) is 6.30. The summed E-state index contributed by atoms with van der Waals surface area (Å²) in [6.07, 6.45) is 2.61. The largest absolute Gasteiger partial charge is 0.296 e. The van der Waals surface area contributed by atoms with Crippen LogP contribution in [0.3, 0.4) is 0 Å². The number of rotatable bonds is 4. The molecule has 0 radical (unpaired) electrons. The Hall–Kier alpha value is -1.78. The summed E-state index contributed by atoms with van der Waals surface area (Å²) in [5.41, 5.74) is 0.247. The van der Waals surface area contributed by atoms with Gasteiger partial charge < -0.3 is 0 Å². The molecule has 5 heteroatoms. The monoisotopic (exact) mass is 165 g/mol. The van der Waals surface area contributed by atoms with Gasteiger partial charge in [-0.25, -0.2) is 4.68 Å². The van der Waals surface area contributed by atoms with Crippen molar-refractivity contribution in [2.45, 2.75) is 6.54 Å². The highest BCUT2D eigenvalue weighted by atomic mass is 16.1. The lowest BCUT2D eigenvalue weighted by Crippen LogP contribution is -2.03. The molecule has 0 N–H and O–H groups in total. The van der Waals surface area contributed by atoms with E-state index in [1.54, 1.807) is 6.08 Å². The van der Waals surface area contributed by atoms with E-state index < -0.39 is 0 Å². The lowest BCUT2D eigenvalue weighted by atomic mass is 10.3. The van der Waals surface area contributed by atoms with E-state index in [4.69, 9.17) is 0 Å². The van der Waals surface area contributed by atoms with Gasteiger partial charge in [0.05, 0.1) is 6.54 Å². The predicted octanol–water partition coefficient (Wildman–Crippen LogP) is 0.0891. The summed E-state index contributed by atoms with van der Waals surface area (Å²) in [7, 11) is 0. The molecule has 0 aliphatic carbocycles. The van der Waals surface area contributed by atoms with E-state index in [0.717, 1.165) is 0 Å². The first-order valence-corrected chi connectivity index (χ1v) is 3.28. The minimum atomic E-state index is 0.0619. The van der Waals surface area contributed by atoms with Crippen molar-refractivity contribution in [1.82, 2.24) is 15.0 Å². The lowest BCUT2D eigenvalue weighted by molar-refractivity contribution is 0.108. The van der Waals surface area contributed by atoms with Crippen LogP contribution in [-0.4, -0.2) is 27.6 Å². The molecule has 0 saturated heterocycles. The molecule has 0 bridgehead atoms. The van der Waals surface area contributed by atoms with Crippen LogP contribution >= 0.6 is 0 Å². The molecule has 0 fully saturated rings. The topological polar surface area (TPSA) is 64.8 Å². The molecule has 0 saturated carbocycles. The highest BCUT2D eigenvalue weighted by Crippen LogP contribution is 1.98. The number of carbonyl (C=O) groups excluding carboxylic acids is 2. The fraction of sp³-hybridized carbons (Fsp3) is 0.143. The molecule has 0 aliphatic heterocycles. The fourth-order valence-corrected chi connectivity index (χ4v) is 0.796. The van der Waals surface area contributed by atoms with E-state index >= 15 is 0 Å². The van der Waals surface area contributed by atoms with Crippen LogP contribution in [-0.2, 0) is 6.54 Å². The highest BCUT2D eigenvalue weighted by Gasteiger charge is 2.08. The van der Waals surface area contributed by atoms with Crippen LogP contribution in [0.4, 0.5) is 0 Å². The van der Waals surface area contributed by atoms with Crippen LogP contribution in [0.15, 0.2) is 12.7 Å². The molecule has 0 atom stereocenters. The smallest absolute Gasteiger partial charge is 0.172 e. The van der Waals surface area contributed by atoms with Crippen molar-refractivity contribution in [3.8, 4) is 0 Å². The van der Waals surface area contributed by atoms with Crippen LogP contribution in [0.25, 0.3) is 0 Å². The zero-order chi connectivity index (χ0) is 8.97. The van der Waals surface area contributed by atoms with Crippen molar-refractivity contribution in [2.75, 3.05) is 0 Å². The lowest BCUT2D eigenvalue weighted by Gasteiger charge is -1.94. The Balaban J connectivity index is 3.11. The number of allylic oxidation sites excluding steroid dienone is 1. The first-order chi connectivity index (χ1) is 5.83. The molecule has 1 aromatic rings. The van der Waals surface area contributed by atoms with Crippen LogP contribution in [0, 0.1) is 0 Å². The number of hydrogen-bond acceptors (Lipinski definition) is 4. The molecular weight excluding hydrogens is 158 g/mol. The van der Waals surface area contributed by atoms with Crippen molar-refractivity contribution in [3.05, 3.63) is 24.0 Å². The van der Waals surface area contributed by atoms with Gasteiger partial charge in [-0.1, -0.05) is 11.3 Å². The first-order valence-electron chi connectivity index (χ1n) is 3.28.